The predicted octanol–water partition coefficient (Wildman–Crippen LogP) is 15.8. The number of fused-ring (bicyclic) bond motifs is 2. The van der Waals surface area contributed by atoms with Gasteiger partial charge in [0.2, 0.25) is 0 Å². The van der Waals surface area contributed by atoms with E-state index in [-0.39, 0.29) is 0 Å². The highest BCUT2D eigenvalue weighted by molar-refractivity contribution is 5.92. The van der Waals surface area contributed by atoms with E-state index in [2.05, 4.69) is 160 Å². The lowest BCUT2D eigenvalue weighted by Gasteiger charge is -2.33. The number of unbranched alkanes of at least 4 members (excludes halogenated alkanes) is 4. The van der Waals surface area contributed by atoms with E-state index in [9.17, 15) is 0 Å². The molecule has 72 heavy (non-hydrogen) atoms. The molecule has 1 aliphatic heterocycles. The van der Waals surface area contributed by atoms with Gasteiger partial charge >= 0.3 is 0 Å². The van der Waals surface area contributed by atoms with Crippen molar-refractivity contribution in [2.24, 2.45) is 0 Å². The van der Waals surface area contributed by atoms with Crippen LogP contribution in [0.25, 0.3) is 67.3 Å². The molecule has 0 spiro atoms. The first kappa shape index (κ1) is 47.7. The van der Waals surface area contributed by atoms with Gasteiger partial charge in [-0.1, -0.05) is 77.6 Å². The molecule has 0 radical (unpaired) electrons. The third-order valence-electron chi connectivity index (χ3n) is 13.3. The number of nitrogens with zero attached hydrogens (tertiary/aromatic N) is 9. The fourth-order valence-corrected chi connectivity index (χ4v) is 9.26. The van der Waals surface area contributed by atoms with Gasteiger partial charge in [-0.25, -0.2) is 0 Å². The van der Waals surface area contributed by atoms with Crippen LogP contribution in [0, 0.1) is 0 Å². The Morgan fingerprint density at radius 3 is 0.917 bits per heavy atom. The van der Waals surface area contributed by atoms with Crippen LogP contribution in [0.2, 0.25) is 0 Å². The molecule has 0 unspecified atom stereocenters. The van der Waals surface area contributed by atoms with Crippen LogP contribution < -0.4 is 9.64 Å². The Balaban J connectivity index is 1.19. The quantitative estimate of drug-likeness (QED) is 0.0776. The normalized spacial score (nSPS) is 11.8. The molecule has 10 nitrogen and oxygen atoms in total. The molecule has 10 heteroatoms. The third-order valence-corrected chi connectivity index (χ3v) is 13.3. The second kappa shape index (κ2) is 22.4. The molecule has 0 fully saturated rings. The summed E-state index contributed by atoms with van der Waals surface area (Å²) >= 11 is 0. The maximum absolute atomic E-state index is 6.54. The largest absolute Gasteiger partial charge is 0.453 e. The van der Waals surface area contributed by atoms with Crippen molar-refractivity contribution >= 4 is 17.1 Å². The van der Waals surface area contributed by atoms with E-state index in [0.717, 1.165) is 196 Å². The smallest absolute Gasteiger partial charge is 0.151 e. The molecule has 10 rings (SSSR count). The number of para-hydroxylation sites is 4. The van der Waals surface area contributed by atoms with Crippen molar-refractivity contribution in [1.29, 1.82) is 0 Å². The molecule has 0 aliphatic carbocycles. The van der Waals surface area contributed by atoms with Crippen molar-refractivity contribution in [1.82, 2.24) is 40.8 Å². The average Bonchev–Trinajstić information content (AvgIpc) is 3.44. The fraction of sp³-hybridized carbons (Fsp3) is 0.258. The Morgan fingerprint density at radius 2 is 0.611 bits per heavy atom. The number of anilines is 3. The van der Waals surface area contributed by atoms with Gasteiger partial charge in [0.1, 0.15) is 0 Å². The number of hydrogen-bond donors (Lipinski definition) is 0. The maximum Gasteiger partial charge on any atom is 0.151 e. The van der Waals surface area contributed by atoms with Crippen LogP contribution in [-0.4, -0.2) is 40.8 Å². The Bertz CT molecular complexity index is 2910. The van der Waals surface area contributed by atoms with E-state index in [1.165, 1.54) is 0 Å². The van der Waals surface area contributed by atoms with Crippen LogP contribution in [-0.2, 0) is 25.7 Å². The summed E-state index contributed by atoms with van der Waals surface area (Å²) in [7, 11) is 0. The molecular formula is C62H61N9O. The van der Waals surface area contributed by atoms with E-state index in [1.807, 2.05) is 24.3 Å². The van der Waals surface area contributed by atoms with Gasteiger partial charge in [-0.2, -0.15) is 40.8 Å². The first-order valence-corrected chi connectivity index (χ1v) is 25.9. The topological polar surface area (TPSA) is 116 Å². The number of aryl methyl sites for hydroxylation is 4. The molecule has 0 saturated carbocycles. The van der Waals surface area contributed by atoms with Gasteiger partial charge in [0.25, 0.3) is 0 Å². The van der Waals surface area contributed by atoms with Crippen molar-refractivity contribution in [3.05, 3.63) is 174 Å². The van der Waals surface area contributed by atoms with Crippen LogP contribution >= 0.6 is 0 Å². The summed E-state index contributed by atoms with van der Waals surface area (Å²) < 4.78 is 6.54. The van der Waals surface area contributed by atoms with Crippen molar-refractivity contribution in [3.63, 3.8) is 0 Å². The Kier molecular flexibility index (Phi) is 14.8. The lowest BCUT2D eigenvalue weighted by molar-refractivity contribution is 0.477. The number of benzene rings is 5. The molecule has 5 heterocycles. The molecule has 5 aromatic carbocycles. The highest BCUT2D eigenvalue weighted by Gasteiger charge is 2.27. The van der Waals surface area contributed by atoms with E-state index < -0.39 is 0 Å². The summed E-state index contributed by atoms with van der Waals surface area (Å²) in [5.41, 5.74) is 17.7. The summed E-state index contributed by atoms with van der Waals surface area (Å²) in [6.07, 6.45) is 12.3. The van der Waals surface area contributed by atoms with Crippen molar-refractivity contribution in [2.75, 3.05) is 4.90 Å². The van der Waals surface area contributed by atoms with Gasteiger partial charge in [-0.3, -0.25) is 0 Å². The molecule has 0 amide bonds. The zero-order chi connectivity index (χ0) is 49.2. The number of aromatic nitrogens is 8. The van der Waals surface area contributed by atoms with Gasteiger partial charge in [0, 0.05) is 27.9 Å². The van der Waals surface area contributed by atoms with Gasteiger partial charge in [-0.05, 0) is 201 Å². The summed E-state index contributed by atoms with van der Waals surface area (Å²) in [6.45, 7) is 8.79. The zero-order valence-electron chi connectivity index (χ0n) is 41.9. The standard InChI is InChI=1S/C62H61N9O/c1-5-9-17-50-25-29-55(67-63-50)46-34-42(35-47(38-46)56-30-26-51(64-68-56)18-10-6-2)44-33-45(41-54(40-44)71-59-21-13-15-23-61(59)72-62-24-16-14-22-60(62)71)43-36-48(57-31-27-52(65-69-57)19-11-7-3)39-49(37-43)58-32-28-53(66-70-58)20-12-8-4/h13-16,21-41H,5-12,17-20H2,1-4H3. The molecule has 1 aliphatic rings. The second-order valence-corrected chi connectivity index (χ2v) is 18.8. The SMILES string of the molecule is CCCCc1ccc(-c2cc(-c3cc(-c4cc(-c5ccc(CCCC)nn5)cc(-c5ccc(CCCC)nn5)c4)cc(N4c5ccccc5Oc5ccccc54)c3)cc(-c3ccc(CCCC)nn3)c2)nn1. The average molecular weight is 948 g/mol. The van der Waals surface area contributed by atoms with Gasteiger partial charge in [0.05, 0.1) is 56.9 Å². The van der Waals surface area contributed by atoms with E-state index in [4.69, 9.17) is 45.5 Å². The lowest BCUT2D eigenvalue weighted by Crippen LogP contribution is -2.15. The minimum atomic E-state index is 0.778. The molecular weight excluding hydrogens is 887 g/mol. The van der Waals surface area contributed by atoms with Crippen LogP contribution in [0.1, 0.15) is 102 Å². The highest BCUT2D eigenvalue weighted by Crippen LogP contribution is 2.51. The number of hydrogen-bond acceptors (Lipinski definition) is 10. The Labute approximate surface area is 423 Å². The van der Waals surface area contributed by atoms with Crippen LogP contribution in [0.4, 0.5) is 17.1 Å². The van der Waals surface area contributed by atoms with Crippen molar-refractivity contribution in [2.45, 2.75) is 105 Å². The van der Waals surface area contributed by atoms with Crippen molar-refractivity contribution in [3.8, 4) is 78.8 Å². The Morgan fingerprint density at radius 1 is 0.319 bits per heavy atom. The van der Waals surface area contributed by atoms with E-state index >= 15 is 0 Å². The highest BCUT2D eigenvalue weighted by atomic mass is 16.5. The predicted molar refractivity (Wildman–Crippen MR) is 291 cm³/mol. The summed E-state index contributed by atoms with van der Waals surface area (Å²) in [5, 5.41) is 38.0. The Hall–Kier alpha value is -7.98. The van der Waals surface area contributed by atoms with Crippen LogP contribution in [0.5, 0.6) is 11.5 Å². The second-order valence-electron chi connectivity index (χ2n) is 18.8. The van der Waals surface area contributed by atoms with Crippen molar-refractivity contribution < 1.29 is 4.74 Å². The monoisotopic (exact) mass is 947 g/mol. The summed E-state index contributed by atoms with van der Waals surface area (Å²) in [4.78, 5) is 2.30. The molecule has 0 saturated heterocycles. The number of rotatable bonds is 19. The van der Waals surface area contributed by atoms with Gasteiger partial charge < -0.3 is 9.64 Å². The third kappa shape index (κ3) is 10.8. The van der Waals surface area contributed by atoms with Crippen LogP contribution in [0.15, 0.2) is 152 Å². The molecule has 0 bridgehead atoms. The van der Waals surface area contributed by atoms with Gasteiger partial charge in [-0.15, -0.1) is 0 Å². The lowest BCUT2D eigenvalue weighted by atomic mass is 9.91. The first-order chi connectivity index (χ1) is 35.5. The first-order valence-electron chi connectivity index (χ1n) is 25.9. The maximum atomic E-state index is 6.54. The molecule has 0 N–H and O–H groups in total. The van der Waals surface area contributed by atoms with E-state index in [1.54, 1.807) is 0 Å². The van der Waals surface area contributed by atoms with Crippen LogP contribution in [0.3, 0.4) is 0 Å². The molecule has 4 aromatic heterocycles. The fourth-order valence-electron chi connectivity index (χ4n) is 9.26. The summed E-state index contributed by atoms with van der Waals surface area (Å²) in [6, 6.07) is 53.3. The minimum absolute atomic E-state index is 0.778. The molecule has 0 atom stereocenters. The van der Waals surface area contributed by atoms with Gasteiger partial charge in [0.15, 0.2) is 11.5 Å². The molecule has 9 aromatic rings. The molecule has 360 valence electrons. The zero-order valence-corrected chi connectivity index (χ0v) is 41.9. The summed E-state index contributed by atoms with van der Waals surface area (Å²) in [5.74, 6) is 1.56. The minimum Gasteiger partial charge on any atom is -0.453 e. The van der Waals surface area contributed by atoms with E-state index in [0.29, 0.717) is 0 Å². The number of ether oxygens (including phenoxy) is 1.